The van der Waals surface area contributed by atoms with Crippen molar-refractivity contribution in [2.75, 3.05) is 13.2 Å². The fraction of sp³-hybridized carbons (Fsp3) is 0.375. The predicted molar refractivity (Wildman–Crippen MR) is 77.8 cm³/mol. The van der Waals surface area contributed by atoms with E-state index in [0.717, 1.165) is 11.5 Å². The van der Waals surface area contributed by atoms with Gasteiger partial charge in [-0.25, -0.2) is 4.39 Å². The lowest BCUT2D eigenvalue weighted by Crippen LogP contribution is -2.33. The molecule has 0 amide bonds. The molecule has 0 spiro atoms. The molecule has 1 aromatic carbocycles. The molecule has 2 unspecified atom stereocenters. The fourth-order valence-electron chi connectivity index (χ4n) is 1.91. The van der Waals surface area contributed by atoms with Gasteiger partial charge in [0.1, 0.15) is 24.2 Å². The van der Waals surface area contributed by atoms with E-state index in [9.17, 15) is 9.50 Å². The van der Waals surface area contributed by atoms with Gasteiger partial charge in [0.2, 0.25) is 0 Å². The van der Waals surface area contributed by atoms with E-state index in [1.54, 1.807) is 12.1 Å². The van der Waals surface area contributed by atoms with Gasteiger partial charge in [-0.15, -0.1) is 0 Å². The maximum atomic E-state index is 13.3. The lowest BCUT2D eigenvalue weighted by molar-refractivity contribution is 0.101. The number of benzene rings is 1. The molecular weight excluding hydrogens is 273 g/mol. The van der Waals surface area contributed by atoms with E-state index in [4.69, 9.17) is 9.15 Å². The third kappa shape index (κ3) is 4.58. The van der Waals surface area contributed by atoms with Crippen molar-refractivity contribution in [2.24, 2.45) is 0 Å². The van der Waals surface area contributed by atoms with Crippen molar-refractivity contribution in [3.05, 3.63) is 53.7 Å². The van der Waals surface area contributed by atoms with Crippen molar-refractivity contribution in [1.82, 2.24) is 5.32 Å². The number of aliphatic hydroxyl groups is 1. The van der Waals surface area contributed by atoms with Crippen molar-refractivity contribution in [1.29, 1.82) is 0 Å². The zero-order valence-electron chi connectivity index (χ0n) is 12.2. The number of ether oxygens (including phenoxy) is 1. The molecule has 1 aromatic heterocycles. The highest BCUT2D eigenvalue weighted by Crippen LogP contribution is 2.16. The van der Waals surface area contributed by atoms with Crippen LogP contribution >= 0.6 is 0 Å². The summed E-state index contributed by atoms with van der Waals surface area (Å²) in [5, 5.41) is 13.0. The molecule has 0 saturated carbocycles. The number of furan rings is 1. The van der Waals surface area contributed by atoms with Gasteiger partial charge in [-0.2, -0.15) is 0 Å². The molecule has 0 fully saturated rings. The molecule has 21 heavy (non-hydrogen) atoms. The first-order valence-corrected chi connectivity index (χ1v) is 6.91. The van der Waals surface area contributed by atoms with Crippen LogP contribution in [0, 0.1) is 12.7 Å². The quantitative estimate of drug-likeness (QED) is 0.824. The van der Waals surface area contributed by atoms with Gasteiger partial charge in [0.05, 0.1) is 6.04 Å². The summed E-state index contributed by atoms with van der Waals surface area (Å²) < 4.78 is 24.1. The van der Waals surface area contributed by atoms with Crippen LogP contribution in [0.25, 0.3) is 0 Å². The number of aryl methyl sites for hydroxylation is 1. The smallest absolute Gasteiger partial charge is 0.165 e. The van der Waals surface area contributed by atoms with Crippen molar-refractivity contribution in [3.8, 4) is 5.75 Å². The summed E-state index contributed by atoms with van der Waals surface area (Å²) in [5.74, 6) is 1.38. The minimum atomic E-state index is -0.733. The molecule has 0 bridgehead atoms. The van der Waals surface area contributed by atoms with Crippen LogP contribution in [0.2, 0.25) is 0 Å². The standard InChI is InChI=1S/C16H20FNO3/c1-11-7-8-15(21-11)12(2)18-9-13(19)10-20-16-6-4-3-5-14(16)17/h3-8,12-13,18-19H,9-10H2,1-2H3. The first kappa shape index (κ1) is 15.5. The zero-order chi connectivity index (χ0) is 15.2. The molecule has 0 aliphatic rings. The highest BCUT2D eigenvalue weighted by Gasteiger charge is 2.12. The van der Waals surface area contributed by atoms with E-state index in [2.05, 4.69) is 5.32 Å². The van der Waals surface area contributed by atoms with Gasteiger partial charge in [-0.3, -0.25) is 0 Å². The van der Waals surface area contributed by atoms with Crippen LogP contribution in [-0.2, 0) is 0 Å². The van der Waals surface area contributed by atoms with Gasteiger partial charge >= 0.3 is 0 Å². The molecule has 2 aromatic rings. The zero-order valence-corrected chi connectivity index (χ0v) is 12.2. The van der Waals surface area contributed by atoms with Gasteiger partial charge < -0.3 is 19.6 Å². The van der Waals surface area contributed by atoms with Crippen molar-refractivity contribution < 1.29 is 18.7 Å². The second-order valence-corrected chi connectivity index (χ2v) is 4.97. The Hall–Kier alpha value is -1.85. The molecular formula is C16H20FNO3. The molecule has 4 nitrogen and oxygen atoms in total. The minimum absolute atomic E-state index is 0.0122. The largest absolute Gasteiger partial charge is 0.488 e. The van der Waals surface area contributed by atoms with E-state index >= 15 is 0 Å². The summed E-state index contributed by atoms with van der Waals surface area (Å²) in [7, 11) is 0. The Labute approximate surface area is 123 Å². The third-order valence-corrected chi connectivity index (χ3v) is 3.12. The Balaban J connectivity index is 1.75. The molecule has 2 rings (SSSR count). The van der Waals surface area contributed by atoms with E-state index in [-0.39, 0.29) is 18.4 Å². The van der Waals surface area contributed by atoms with Crippen LogP contribution in [0.15, 0.2) is 40.8 Å². The summed E-state index contributed by atoms with van der Waals surface area (Å²) in [6.07, 6.45) is -0.733. The Morgan fingerprint density at radius 3 is 2.71 bits per heavy atom. The monoisotopic (exact) mass is 293 g/mol. The van der Waals surface area contributed by atoms with Crippen molar-refractivity contribution in [3.63, 3.8) is 0 Å². The predicted octanol–water partition coefficient (Wildman–Crippen LogP) is 2.82. The van der Waals surface area contributed by atoms with Gasteiger partial charge in [0.25, 0.3) is 0 Å². The lowest BCUT2D eigenvalue weighted by Gasteiger charge is -2.16. The summed E-state index contributed by atoms with van der Waals surface area (Å²) in [4.78, 5) is 0. The second kappa shape index (κ2) is 7.24. The molecule has 2 N–H and O–H groups in total. The van der Waals surface area contributed by atoms with E-state index in [0.29, 0.717) is 6.54 Å². The van der Waals surface area contributed by atoms with Crippen molar-refractivity contribution >= 4 is 0 Å². The maximum absolute atomic E-state index is 13.3. The molecule has 5 heteroatoms. The van der Waals surface area contributed by atoms with Crippen LogP contribution in [0.1, 0.15) is 24.5 Å². The summed E-state index contributed by atoms with van der Waals surface area (Å²) in [6.45, 7) is 4.18. The number of hydrogen-bond acceptors (Lipinski definition) is 4. The Bertz CT molecular complexity index is 570. The second-order valence-electron chi connectivity index (χ2n) is 4.97. The van der Waals surface area contributed by atoms with E-state index in [1.807, 2.05) is 26.0 Å². The van der Waals surface area contributed by atoms with E-state index < -0.39 is 11.9 Å². The first-order valence-electron chi connectivity index (χ1n) is 6.91. The number of para-hydroxylation sites is 1. The highest BCUT2D eigenvalue weighted by molar-refractivity contribution is 5.23. The molecule has 0 aliphatic carbocycles. The molecule has 0 aliphatic heterocycles. The average Bonchev–Trinajstić information content (AvgIpc) is 2.90. The minimum Gasteiger partial charge on any atom is -0.488 e. The Morgan fingerprint density at radius 2 is 2.05 bits per heavy atom. The molecule has 114 valence electrons. The lowest BCUT2D eigenvalue weighted by atomic mass is 10.2. The number of aliphatic hydroxyl groups excluding tert-OH is 1. The Morgan fingerprint density at radius 1 is 1.29 bits per heavy atom. The summed E-state index contributed by atoms with van der Waals surface area (Å²) >= 11 is 0. The van der Waals surface area contributed by atoms with Crippen molar-refractivity contribution in [2.45, 2.75) is 26.0 Å². The number of nitrogens with one attached hydrogen (secondary N) is 1. The number of rotatable bonds is 7. The van der Waals surface area contributed by atoms with E-state index in [1.165, 1.54) is 12.1 Å². The number of hydrogen-bond donors (Lipinski definition) is 2. The normalized spacial score (nSPS) is 13.9. The van der Waals surface area contributed by atoms with Crippen LogP contribution in [0.3, 0.4) is 0 Å². The summed E-state index contributed by atoms with van der Waals surface area (Å²) in [5.41, 5.74) is 0. The van der Waals surface area contributed by atoms with Crippen LogP contribution in [0.4, 0.5) is 4.39 Å². The first-order chi connectivity index (χ1) is 10.1. The topological polar surface area (TPSA) is 54.6 Å². The molecule has 0 saturated heterocycles. The maximum Gasteiger partial charge on any atom is 0.165 e. The third-order valence-electron chi connectivity index (χ3n) is 3.12. The van der Waals surface area contributed by atoms with Gasteiger partial charge in [0, 0.05) is 6.54 Å². The Kier molecular flexibility index (Phi) is 5.36. The highest BCUT2D eigenvalue weighted by atomic mass is 19.1. The van der Waals surface area contributed by atoms with Gasteiger partial charge in [0.15, 0.2) is 11.6 Å². The van der Waals surface area contributed by atoms with Crippen LogP contribution < -0.4 is 10.1 Å². The van der Waals surface area contributed by atoms with Gasteiger partial charge in [-0.1, -0.05) is 12.1 Å². The number of halogens is 1. The fourth-order valence-corrected chi connectivity index (χ4v) is 1.91. The SMILES string of the molecule is Cc1ccc(C(C)NCC(O)COc2ccccc2F)o1. The molecule has 1 heterocycles. The van der Waals surface area contributed by atoms with Crippen LogP contribution in [-0.4, -0.2) is 24.4 Å². The van der Waals surface area contributed by atoms with Crippen LogP contribution in [0.5, 0.6) is 5.75 Å². The average molecular weight is 293 g/mol. The molecule has 0 radical (unpaired) electrons. The molecule has 2 atom stereocenters. The van der Waals surface area contributed by atoms with Gasteiger partial charge in [-0.05, 0) is 38.1 Å². The summed E-state index contributed by atoms with van der Waals surface area (Å²) in [6, 6.07) is 9.91.